The van der Waals surface area contributed by atoms with Gasteiger partial charge in [0.25, 0.3) is 0 Å². The van der Waals surface area contributed by atoms with Crippen LogP contribution in [0.2, 0.25) is 0 Å². The second-order valence-electron chi connectivity index (χ2n) is 6.44. The van der Waals surface area contributed by atoms with Gasteiger partial charge < -0.3 is 5.32 Å². The molecular weight excluding hydrogens is 194 g/mol. The molecule has 0 aromatic heterocycles. The fraction of sp³-hybridized carbons (Fsp3) is 1.00. The molecule has 2 saturated carbocycles. The van der Waals surface area contributed by atoms with Gasteiger partial charge in [-0.1, -0.05) is 33.1 Å². The normalized spacial score (nSPS) is 33.4. The summed E-state index contributed by atoms with van der Waals surface area (Å²) in [6.07, 6.45) is 13.0. The first kappa shape index (κ1) is 12.4. The highest BCUT2D eigenvalue weighted by atomic mass is 14.9. The van der Waals surface area contributed by atoms with Crippen molar-refractivity contribution in [2.24, 2.45) is 11.3 Å². The van der Waals surface area contributed by atoms with E-state index in [0.717, 1.165) is 17.4 Å². The molecule has 0 radical (unpaired) electrons. The first-order chi connectivity index (χ1) is 7.74. The van der Waals surface area contributed by atoms with Gasteiger partial charge in [0.15, 0.2) is 0 Å². The third-order valence-electron chi connectivity index (χ3n) is 4.76. The summed E-state index contributed by atoms with van der Waals surface area (Å²) in [5.74, 6) is 0.970. The molecule has 0 aromatic rings. The smallest absolute Gasteiger partial charge is 0.00673 e. The van der Waals surface area contributed by atoms with Gasteiger partial charge in [-0.25, -0.2) is 0 Å². The Bertz CT molecular complexity index is 207. The minimum Gasteiger partial charge on any atom is -0.313 e. The first-order valence-electron chi connectivity index (χ1n) is 7.47. The summed E-state index contributed by atoms with van der Waals surface area (Å²) in [5.41, 5.74) is 0.729. The number of hydrogen-bond acceptors (Lipinski definition) is 1. The van der Waals surface area contributed by atoms with Crippen LogP contribution in [0.3, 0.4) is 0 Å². The SMILES string of the molecule is CCCC1(CNC2CCCC(C)CC2)CC1. The Balaban J connectivity index is 1.69. The van der Waals surface area contributed by atoms with E-state index >= 15 is 0 Å². The molecule has 0 bridgehead atoms. The maximum Gasteiger partial charge on any atom is 0.00673 e. The lowest BCUT2D eigenvalue weighted by molar-refractivity contribution is 0.364. The van der Waals surface area contributed by atoms with Crippen molar-refractivity contribution >= 4 is 0 Å². The summed E-state index contributed by atoms with van der Waals surface area (Å²) in [6, 6.07) is 0.833. The molecule has 0 heterocycles. The zero-order valence-corrected chi connectivity index (χ0v) is 11.2. The lowest BCUT2D eigenvalue weighted by atomic mass is 9.99. The molecule has 2 fully saturated rings. The Hall–Kier alpha value is -0.0400. The molecule has 94 valence electrons. The fourth-order valence-electron chi connectivity index (χ4n) is 3.27. The van der Waals surface area contributed by atoms with E-state index in [-0.39, 0.29) is 0 Å². The van der Waals surface area contributed by atoms with E-state index in [0.29, 0.717) is 0 Å². The molecule has 0 amide bonds. The van der Waals surface area contributed by atoms with Crippen LogP contribution in [0, 0.1) is 11.3 Å². The summed E-state index contributed by atoms with van der Waals surface area (Å²) >= 11 is 0. The van der Waals surface area contributed by atoms with Crippen molar-refractivity contribution in [2.75, 3.05) is 6.54 Å². The van der Waals surface area contributed by atoms with E-state index in [2.05, 4.69) is 19.2 Å². The third kappa shape index (κ3) is 3.48. The Morgan fingerprint density at radius 2 is 1.94 bits per heavy atom. The van der Waals surface area contributed by atoms with Crippen LogP contribution in [0.1, 0.15) is 71.6 Å². The summed E-state index contributed by atoms with van der Waals surface area (Å²) < 4.78 is 0. The lowest BCUT2D eigenvalue weighted by Crippen LogP contribution is -2.33. The van der Waals surface area contributed by atoms with Crippen molar-refractivity contribution in [2.45, 2.75) is 77.7 Å². The maximum absolute atomic E-state index is 3.87. The molecule has 1 nitrogen and oxygen atoms in total. The predicted molar refractivity (Wildman–Crippen MR) is 70.6 cm³/mol. The average molecular weight is 223 g/mol. The maximum atomic E-state index is 3.87. The average Bonchev–Trinajstić information content (AvgIpc) is 3.03. The summed E-state index contributed by atoms with van der Waals surface area (Å²) in [5, 5.41) is 3.87. The first-order valence-corrected chi connectivity index (χ1v) is 7.47. The minimum absolute atomic E-state index is 0.729. The summed E-state index contributed by atoms with van der Waals surface area (Å²) in [7, 11) is 0. The van der Waals surface area contributed by atoms with Gasteiger partial charge in [-0.15, -0.1) is 0 Å². The molecule has 2 atom stereocenters. The molecule has 1 N–H and O–H groups in total. The van der Waals surface area contributed by atoms with Crippen molar-refractivity contribution < 1.29 is 0 Å². The second kappa shape index (κ2) is 5.53. The Morgan fingerprint density at radius 1 is 1.12 bits per heavy atom. The largest absolute Gasteiger partial charge is 0.313 e. The Kier molecular flexibility index (Phi) is 4.29. The zero-order chi connectivity index (χ0) is 11.4. The van der Waals surface area contributed by atoms with Crippen LogP contribution in [0.4, 0.5) is 0 Å². The van der Waals surface area contributed by atoms with E-state index in [4.69, 9.17) is 0 Å². The molecule has 0 aliphatic heterocycles. The molecule has 2 aliphatic carbocycles. The van der Waals surface area contributed by atoms with E-state index < -0.39 is 0 Å². The Morgan fingerprint density at radius 3 is 2.62 bits per heavy atom. The van der Waals surface area contributed by atoms with Gasteiger partial charge in [-0.3, -0.25) is 0 Å². The van der Waals surface area contributed by atoms with Crippen LogP contribution in [0.5, 0.6) is 0 Å². The van der Waals surface area contributed by atoms with Gasteiger partial charge in [-0.05, 0) is 49.9 Å². The van der Waals surface area contributed by atoms with Crippen LogP contribution in [0.25, 0.3) is 0 Å². The highest BCUT2D eigenvalue weighted by molar-refractivity contribution is 4.95. The molecule has 0 aromatic carbocycles. The summed E-state index contributed by atoms with van der Waals surface area (Å²) in [4.78, 5) is 0. The number of nitrogens with one attached hydrogen (secondary N) is 1. The van der Waals surface area contributed by atoms with Crippen LogP contribution in [-0.2, 0) is 0 Å². The van der Waals surface area contributed by atoms with Gasteiger partial charge in [0, 0.05) is 12.6 Å². The van der Waals surface area contributed by atoms with Crippen molar-refractivity contribution in [3.05, 3.63) is 0 Å². The highest BCUT2D eigenvalue weighted by Crippen LogP contribution is 2.49. The summed E-state index contributed by atoms with van der Waals surface area (Å²) in [6.45, 7) is 6.05. The fourth-order valence-corrected chi connectivity index (χ4v) is 3.27. The third-order valence-corrected chi connectivity index (χ3v) is 4.76. The Labute approximate surface area is 101 Å². The van der Waals surface area contributed by atoms with Crippen LogP contribution >= 0.6 is 0 Å². The molecule has 2 unspecified atom stereocenters. The van der Waals surface area contributed by atoms with Gasteiger partial charge in [0.2, 0.25) is 0 Å². The standard InChI is InChI=1S/C15H29N/c1-3-9-15(10-11-15)12-16-14-6-4-5-13(2)7-8-14/h13-14,16H,3-12H2,1-2H3. The van der Waals surface area contributed by atoms with E-state index in [1.807, 2.05) is 0 Å². The number of hydrogen-bond donors (Lipinski definition) is 1. The van der Waals surface area contributed by atoms with Crippen molar-refractivity contribution in [3.8, 4) is 0 Å². The second-order valence-corrected chi connectivity index (χ2v) is 6.44. The molecule has 16 heavy (non-hydrogen) atoms. The molecule has 0 spiro atoms. The molecule has 2 rings (SSSR count). The van der Waals surface area contributed by atoms with Crippen molar-refractivity contribution in [1.29, 1.82) is 0 Å². The molecule has 1 heteroatoms. The number of rotatable bonds is 5. The van der Waals surface area contributed by atoms with Gasteiger partial charge in [-0.2, -0.15) is 0 Å². The van der Waals surface area contributed by atoms with Gasteiger partial charge in [0.05, 0.1) is 0 Å². The van der Waals surface area contributed by atoms with E-state index in [1.54, 1.807) is 0 Å². The van der Waals surface area contributed by atoms with Gasteiger partial charge in [0.1, 0.15) is 0 Å². The molecule has 0 saturated heterocycles. The highest BCUT2D eigenvalue weighted by Gasteiger charge is 2.41. The van der Waals surface area contributed by atoms with Crippen LogP contribution in [0.15, 0.2) is 0 Å². The monoisotopic (exact) mass is 223 g/mol. The van der Waals surface area contributed by atoms with Crippen molar-refractivity contribution in [3.63, 3.8) is 0 Å². The molecular formula is C15H29N. The van der Waals surface area contributed by atoms with Crippen LogP contribution in [-0.4, -0.2) is 12.6 Å². The topological polar surface area (TPSA) is 12.0 Å². The quantitative estimate of drug-likeness (QED) is 0.691. The van der Waals surface area contributed by atoms with Crippen LogP contribution < -0.4 is 5.32 Å². The molecule has 2 aliphatic rings. The minimum atomic E-state index is 0.729. The zero-order valence-electron chi connectivity index (χ0n) is 11.2. The van der Waals surface area contributed by atoms with Crippen molar-refractivity contribution in [1.82, 2.24) is 5.32 Å². The van der Waals surface area contributed by atoms with E-state index in [9.17, 15) is 0 Å². The van der Waals surface area contributed by atoms with Gasteiger partial charge >= 0.3 is 0 Å². The van der Waals surface area contributed by atoms with E-state index in [1.165, 1.54) is 64.3 Å². The lowest BCUT2D eigenvalue weighted by Gasteiger charge is -2.21. The predicted octanol–water partition coefficient (Wildman–Crippen LogP) is 4.13.